The number of benzene rings is 2. The zero-order chi connectivity index (χ0) is 16.9. The van der Waals surface area contributed by atoms with Crippen LogP contribution in [0.5, 0.6) is 0 Å². The molecule has 2 aromatic rings. The van der Waals surface area contributed by atoms with Crippen molar-refractivity contribution in [3.05, 3.63) is 65.7 Å². The van der Waals surface area contributed by atoms with Crippen molar-refractivity contribution in [1.82, 2.24) is 4.72 Å². The first kappa shape index (κ1) is 17.7. The molecule has 0 spiro atoms. The summed E-state index contributed by atoms with van der Waals surface area (Å²) < 4.78 is 28.0. The van der Waals surface area contributed by atoms with E-state index in [1.807, 2.05) is 49.4 Å². The van der Waals surface area contributed by atoms with Crippen LogP contribution in [0.4, 0.5) is 0 Å². The van der Waals surface area contributed by atoms with Crippen molar-refractivity contribution in [1.29, 1.82) is 0 Å². The fourth-order valence-electron chi connectivity index (χ4n) is 2.60. The molecule has 1 atom stereocenters. The Morgan fingerprint density at radius 2 is 1.57 bits per heavy atom. The van der Waals surface area contributed by atoms with Crippen LogP contribution in [0.2, 0.25) is 0 Å². The van der Waals surface area contributed by atoms with E-state index in [0.29, 0.717) is 17.2 Å². The Morgan fingerprint density at radius 1 is 0.957 bits per heavy atom. The second-order valence-corrected chi connectivity index (χ2v) is 7.95. The Bertz CT molecular complexity index is 707. The molecule has 1 unspecified atom stereocenters. The summed E-state index contributed by atoms with van der Waals surface area (Å²) in [5.74, 6) is 0.554. The lowest BCUT2D eigenvalue weighted by molar-refractivity contribution is 0.550. The molecule has 0 saturated heterocycles. The second kappa shape index (κ2) is 7.75. The van der Waals surface area contributed by atoms with E-state index < -0.39 is 10.0 Å². The highest BCUT2D eigenvalue weighted by molar-refractivity contribution is 7.89. The molecule has 0 amide bonds. The minimum absolute atomic E-state index is 0.212. The lowest BCUT2D eigenvalue weighted by Crippen LogP contribution is -2.28. The molecule has 124 valence electrons. The lowest BCUT2D eigenvalue weighted by atomic mass is 10.0. The summed E-state index contributed by atoms with van der Waals surface area (Å²) in [6, 6.07) is 16.6. The molecule has 4 heteroatoms. The van der Waals surface area contributed by atoms with Gasteiger partial charge in [-0.25, -0.2) is 13.1 Å². The number of rotatable bonds is 7. The number of sulfonamides is 1. The molecule has 0 fully saturated rings. The van der Waals surface area contributed by atoms with E-state index >= 15 is 0 Å². The second-order valence-electron chi connectivity index (χ2n) is 6.23. The highest BCUT2D eigenvalue weighted by atomic mass is 32.2. The van der Waals surface area contributed by atoms with Gasteiger partial charge in [0.15, 0.2) is 0 Å². The van der Waals surface area contributed by atoms with Crippen LogP contribution in [0.3, 0.4) is 0 Å². The van der Waals surface area contributed by atoms with Crippen molar-refractivity contribution in [2.75, 3.05) is 0 Å². The van der Waals surface area contributed by atoms with Gasteiger partial charge in [0.05, 0.1) is 4.90 Å². The van der Waals surface area contributed by atoms with Gasteiger partial charge in [0.1, 0.15) is 0 Å². The maximum atomic E-state index is 12.6. The number of nitrogens with one attached hydrogen (secondary N) is 1. The largest absolute Gasteiger partial charge is 0.241 e. The molecule has 0 heterocycles. The van der Waals surface area contributed by atoms with Crippen LogP contribution in [0.25, 0.3) is 0 Å². The van der Waals surface area contributed by atoms with Crippen molar-refractivity contribution in [3.8, 4) is 0 Å². The predicted molar refractivity (Wildman–Crippen MR) is 94.8 cm³/mol. The third-order valence-corrected chi connectivity index (χ3v) is 5.27. The Morgan fingerprint density at radius 3 is 2.09 bits per heavy atom. The van der Waals surface area contributed by atoms with Gasteiger partial charge in [-0.2, -0.15) is 0 Å². The molecule has 3 nitrogen and oxygen atoms in total. The summed E-state index contributed by atoms with van der Waals surface area (Å²) in [5.41, 5.74) is 2.14. The van der Waals surface area contributed by atoms with Crippen molar-refractivity contribution in [2.45, 2.75) is 44.6 Å². The first-order valence-corrected chi connectivity index (χ1v) is 9.57. The Hall–Kier alpha value is -1.65. The molecule has 0 aliphatic rings. The van der Waals surface area contributed by atoms with Gasteiger partial charge in [0.2, 0.25) is 10.0 Å². The summed E-state index contributed by atoms with van der Waals surface area (Å²) in [6.07, 6.45) is 1.66. The topological polar surface area (TPSA) is 46.2 Å². The van der Waals surface area contributed by atoms with Gasteiger partial charge in [-0.05, 0) is 42.0 Å². The standard InChI is InChI=1S/C19H25NO2S/c1-4-19(17-8-6-5-7-9-17)20-23(21,22)18-12-10-16(11-13-18)14-15(2)3/h5-13,15,19-20H,4,14H2,1-3H3. The molecule has 2 rings (SSSR count). The average Bonchev–Trinajstić information content (AvgIpc) is 2.53. The van der Waals surface area contributed by atoms with E-state index in [4.69, 9.17) is 0 Å². The first-order chi connectivity index (χ1) is 10.9. The summed E-state index contributed by atoms with van der Waals surface area (Å²) in [6.45, 7) is 6.28. The van der Waals surface area contributed by atoms with Gasteiger partial charge in [-0.15, -0.1) is 0 Å². The van der Waals surface area contributed by atoms with Gasteiger partial charge >= 0.3 is 0 Å². The Labute approximate surface area is 139 Å². The van der Waals surface area contributed by atoms with Crippen LogP contribution < -0.4 is 4.72 Å². The monoisotopic (exact) mass is 331 g/mol. The SMILES string of the molecule is CCC(NS(=O)(=O)c1ccc(CC(C)C)cc1)c1ccccc1. The molecule has 0 aromatic heterocycles. The van der Waals surface area contributed by atoms with Crippen LogP contribution in [-0.2, 0) is 16.4 Å². The van der Waals surface area contributed by atoms with Gasteiger partial charge in [-0.3, -0.25) is 0 Å². The van der Waals surface area contributed by atoms with Gasteiger partial charge in [0, 0.05) is 6.04 Å². The van der Waals surface area contributed by atoms with Crippen LogP contribution in [0.15, 0.2) is 59.5 Å². The molecule has 0 aliphatic carbocycles. The van der Waals surface area contributed by atoms with Crippen LogP contribution in [-0.4, -0.2) is 8.42 Å². The molecule has 1 N–H and O–H groups in total. The van der Waals surface area contributed by atoms with Crippen molar-refractivity contribution in [2.24, 2.45) is 5.92 Å². The maximum Gasteiger partial charge on any atom is 0.241 e. The quantitative estimate of drug-likeness (QED) is 0.821. The van der Waals surface area contributed by atoms with E-state index in [0.717, 1.165) is 17.5 Å². The van der Waals surface area contributed by atoms with E-state index in [-0.39, 0.29) is 6.04 Å². The summed E-state index contributed by atoms with van der Waals surface area (Å²) in [7, 11) is -3.51. The smallest absolute Gasteiger partial charge is 0.207 e. The minimum Gasteiger partial charge on any atom is -0.207 e. The highest BCUT2D eigenvalue weighted by Gasteiger charge is 2.20. The zero-order valence-corrected chi connectivity index (χ0v) is 14.8. The normalized spacial score (nSPS) is 13.2. The molecule has 0 radical (unpaired) electrons. The summed E-state index contributed by atoms with van der Waals surface area (Å²) in [5, 5.41) is 0. The van der Waals surface area contributed by atoms with E-state index in [1.165, 1.54) is 0 Å². The summed E-state index contributed by atoms with van der Waals surface area (Å²) in [4.78, 5) is 0.319. The zero-order valence-electron chi connectivity index (χ0n) is 14.0. The maximum absolute atomic E-state index is 12.6. The molecule has 0 saturated carbocycles. The van der Waals surface area contributed by atoms with Crippen molar-refractivity contribution in [3.63, 3.8) is 0 Å². The fourth-order valence-corrected chi connectivity index (χ4v) is 3.91. The molecular weight excluding hydrogens is 306 g/mol. The van der Waals surface area contributed by atoms with Crippen LogP contribution in [0, 0.1) is 5.92 Å². The highest BCUT2D eigenvalue weighted by Crippen LogP contribution is 2.20. The molecule has 23 heavy (non-hydrogen) atoms. The van der Waals surface area contributed by atoms with Gasteiger partial charge < -0.3 is 0 Å². The van der Waals surface area contributed by atoms with Crippen LogP contribution >= 0.6 is 0 Å². The average molecular weight is 331 g/mol. The third-order valence-electron chi connectivity index (χ3n) is 3.79. The van der Waals surface area contributed by atoms with Gasteiger partial charge in [-0.1, -0.05) is 63.2 Å². The van der Waals surface area contributed by atoms with Gasteiger partial charge in [0.25, 0.3) is 0 Å². The predicted octanol–water partition coefficient (Wildman–Crippen LogP) is 4.31. The molecule has 0 aliphatic heterocycles. The number of hydrogen-bond donors (Lipinski definition) is 1. The molecule has 0 bridgehead atoms. The van der Waals surface area contributed by atoms with Crippen LogP contribution in [0.1, 0.15) is 44.4 Å². The van der Waals surface area contributed by atoms with E-state index in [9.17, 15) is 8.42 Å². The Balaban J connectivity index is 2.17. The molecule has 2 aromatic carbocycles. The Kier molecular flexibility index (Phi) is 5.97. The third kappa shape index (κ3) is 4.91. The number of hydrogen-bond acceptors (Lipinski definition) is 2. The minimum atomic E-state index is -3.51. The van der Waals surface area contributed by atoms with E-state index in [1.54, 1.807) is 12.1 Å². The summed E-state index contributed by atoms with van der Waals surface area (Å²) >= 11 is 0. The first-order valence-electron chi connectivity index (χ1n) is 8.08. The van der Waals surface area contributed by atoms with E-state index in [2.05, 4.69) is 18.6 Å². The van der Waals surface area contributed by atoms with Crippen molar-refractivity contribution < 1.29 is 8.42 Å². The lowest BCUT2D eigenvalue weighted by Gasteiger charge is -2.17. The molecular formula is C19H25NO2S. The fraction of sp³-hybridized carbons (Fsp3) is 0.368. The van der Waals surface area contributed by atoms with Crippen molar-refractivity contribution >= 4 is 10.0 Å².